The molecule has 3 heteroatoms. The lowest BCUT2D eigenvalue weighted by atomic mass is 9.53. The fourth-order valence-corrected chi connectivity index (χ4v) is 5.44. The van der Waals surface area contributed by atoms with Gasteiger partial charge >= 0.3 is 0 Å². The van der Waals surface area contributed by atoms with Gasteiger partial charge in [0.25, 0.3) is 0 Å². The summed E-state index contributed by atoms with van der Waals surface area (Å²) in [5.74, 6) is 1.79. The van der Waals surface area contributed by atoms with Crippen molar-refractivity contribution in [3.63, 3.8) is 0 Å². The zero-order valence-electron chi connectivity index (χ0n) is 13.4. The molecule has 1 aromatic carbocycles. The van der Waals surface area contributed by atoms with Gasteiger partial charge < -0.3 is 9.84 Å². The summed E-state index contributed by atoms with van der Waals surface area (Å²) in [7, 11) is 1.70. The molecule has 118 valence electrons. The number of Topliss-reactive ketones (excluding diaryl/α,β-unsaturated/α-hetero) is 1. The molecule has 4 atom stereocenters. The molecule has 0 aliphatic heterocycles. The minimum absolute atomic E-state index is 0.221. The smallest absolute Gasteiger partial charge is 0.141 e. The maximum absolute atomic E-state index is 12.4. The number of carbonyl (C=O) groups is 1. The summed E-state index contributed by atoms with van der Waals surface area (Å²) < 4.78 is 5.34. The van der Waals surface area contributed by atoms with Crippen LogP contribution in [0.4, 0.5) is 0 Å². The van der Waals surface area contributed by atoms with Gasteiger partial charge in [-0.05, 0) is 74.1 Å². The predicted molar refractivity (Wildman–Crippen MR) is 84.1 cm³/mol. The van der Waals surface area contributed by atoms with E-state index in [0.717, 1.165) is 31.4 Å². The zero-order chi connectivity index (χ0) is 15.5. The number of methoxy groups -OCH3 is 1. The van der Waals surface area contributed by atoms with Crippen LogP contribution >= 0.6 is 0 Å². The van der Waals surface area contributed by atoms with E-state index in [1.807, 2.05) is 13.0 Å². The van der Waals surface area contributed by atoms with Crippen molar-refractivity contribution < 1.29 is 14.6 Å². The third kappa shape index (κ3) is 1.63. The molecule has 2 saturated carbocycles. The molecule has 0 aromatic heterocycles. The van der Waals surface area contributed by atoms with Crippen LogP contribution in [0.2, 0.25) is 0 Å². The molecule has 4 unspecified atom stereocenters. The van der Waals surface area contributed by atoms with Crippen molar-refractivity contribution in [1.82, 2.24) is 0 Å². The quantitative estimate of drug-likeness (QED) is 0.866. The topological polar surface area (TPSA) is 46.5 Å². The highest BCUT2D eigenvalue weighted by molar-refractivity contribution is 5.88. The van der Waals surface area contributed by atoms with Crippen LogP contribution < -0.4 is 4.74 Å². The molecule has 3 aliphatic rings. The van der Waals surface area contributed by atoms with Crippen LogP contribution in [0.3, 0.4) is 0 Å². The Labute approximate surface area is 131 Å². The molecule has 0 amide bonds. The van der Waals surface area contributed by atoms with Gasteiger partial charge in [0.05, 0.1) is 18.1 Å². The number of carbonyl (C=O) groups excluding carboxylic acids is 1. The second kappa shape index (κ2) is 4.58. The second-order valence-corrected chi connectivity index (χ2v) is 7.53. The van der Waals surface area contributed by atoms with Gasteiger partial charge in [-0.1, -0.05) is 6.07 Å². The number of ketones is 1. The number of ether oxygens (including phenoxy) is 1. The zero-order valence-corrected chi connectivity index (χ0v) is 13.4. The lowest BCUT2D eigenvalue weighted by Gasteiger charge is -2.53. The van der Waals surface area contributed by atoms with E-state index >= 15 is 0 Å². The van der Waals surface area contributed by atoms with E-state index in [2.05, 4.69) is 12.1 Å². The maximum atomic E-state index is 12.4. The van der Waals surface area contributed by atoms with Crippen LogP contribution in [0.15, 0.2) is 18.2 Å². The summed E-state index contributed by atoms with van der Waals surface area (Å²) in [6.07, 6.45) is 4.97. The van der Waals surface area contributed by atoms with E-state index in [4.69, 9.17) is 4.74 Å². The molecule has 22 heavy (non-hydrogen) atoms. The van der Waals surface area contributed by atoms with Crippen molar-refractivity contribution in [1.29, 1.82) is 0 Å². The van der Waals surface area contributed by atoms with Crippen molar-refractivity contribution in [2.45, 2.75) is 57.0 Å². The summed E-state index contributed by atoms with van der Waals surface area (Å²) in [5, 5.41) is 11.4. The SMILES string of the molecule is COc1ccc2c(c1)CCC1C2CCC2(C)C(=O)CCC12O. The van der Waals surface area contributed by atoms with Crippen LogP contribution in [-0.4, -0.2) is 23.6 Å². The van der Waals surface area contributed by atoms with Crippen molar-refractivity contribution in [2.24, 2.45) is 11.3 Å². The highest BCUT2D eigenvalue weighted by Crippen LogP contribution is 2.61. The normalized spacial score (nSPS) is 39.9. The number of hydrogen-bond donors (Lipinski definition) is 1. The molecule has 3 aliphatic carbocycles. The first-order valence-corrected chi connectivity index (χ1v) is 8.42. The van der Waals surface area contributed by atoms with Crippen LogP contribution in [0.1, 0.15) is 56.1 Å². The summed E-state index contributed by atoms with van der Waals surface area (Å²) in [4.78, 5) is 12.4. The van der Waals surface area contributed by atoms with E-state index in [-0.39, 0.29) is 11.7 Å². The van der Waals surface area contributed by atoms with Gasteiger partial charge in [-0.15, -0.1) is 0 Å². The molecule has 1 N–H and O–H groups in total. The molecular weight excluding hydrogens is 276 g/mol. The van der Waals surface area contributed by atoms with Crippen molar-refractivity contribution in [3.8, 4) is 5.75 Å². The van der Waals surface area contributed by atoms with E-state index < -0.39 is 11.0 Å². The number of benzene rings is 1. The minimum atomic E-state index is -0.801. The third-order valence-corrected chi connectivity index (χ3v) is 6.83. The van der Waals surface area contributed by atoms with Gasteiger partial charge in [0, 0.05) is 6.42 Å². The maximum Gasteiger partial charge on any atom is 0.141 e. The molecule has 3 nitrogen and oxygen atoms in total. The first-order chi connectivity index (χ1) is 10.5. The summed E-state index contributed by atoms with van der Waals surface area (Å²) >= 11 is 0. The summed E-state index contributed by atoms with van der Waals surface area (Å²) in [6.45, 7) is 2.00. The highest BCUT2D eigenvalue weighted by Gasteiger charge is 2.64. The van der Waals surface area contributed by atoms with Gasteiger partial charge in [0.1, 0.15) is 11.5 Å². The number of aliphatic hydroxyl groups is 1. The van der Waals surface area contributed by atoms with E-state index in [9.17, 15) is 9.90 Å². The fourth-order valence-electron chi connectivity index (χ4n) is 5.44. The van der Waals surface area contributed by atoms with Gasteiger partial charge in [-0.3, -0.25) is 4.79 Å². The predicted octanol–water partition coefficient (Wildman–Crippen LogP) is 3.24. The van der Waals surface area contributed by atoms with Crippen molar-refractivity contribution in [2.75, 3.05) is 7.11 Å². The Balaban J connectivity index is 1.75. The van der Waals surface area contributed by atoms with Gasteiger partial charge in [0.2, 0.25) is 0 Å². The molecule has 0 spiro atoms. The summed E-state index contributed by atoms with van der Waals surface area (Å²) in [5.41, 5.74) is 1.41. The number of hydrogen-bond acceptors (Lipinski definition) is 3. The number of rotatable bonds is 1. The van der Waals surface area contributed by atoms with E-state index in [0.29, 0.717) is 18.8 Å². The lowest BCUT2D eigenvalue weighted by Crippen LogP contribution is -2.56. The average molecular weight is 300 g/mol. The largest absolute Gasteiger partial charge is 0.497 e. The molecule has 2 fully saturated rings. The summed E-state index contributed by atoms with van der Waals surface area (Å²) in [6, 6.07) is 6.34. The Kier molecular flexibility index (Phi) is 2.96. The van der Waals surface area contributed by atoms with Crippen LogP contribution in [0.25, 0.3) is 0 Å². The Morgan fingerprint density at radius 2 is 2.05 bits per heavy atom. The van der Waals surface area contributed by atoms with Crippen LogP contribution in [0.5, 0.6) is 5.75 Å². The van der Waals surface area contributed by atoms with Gasteiger partial charge in [-0.2, -0.15) is 0 Å². The molecule has 0 radical (unpaired) electrons. The van der Waals surface area contributed by atoms with E-state index in [1.165, 1.54) is 11.1 Å². The Morgan fingerprint density at radius 1 is 1.23 bits per heavy atom. The minimum Gasteiger partial charge on any atom is -0.497 e. The van der Waals surface area contributed by atoms with Crippen molar-refractivity contribution in [3.05, 3.63) is 29.3 Å². The molecular formula is C19H24O3. The lowest BCUT2D eigenvalue weighted by molar-refractivity contribution is -0.157. The Morgan fingerprint density at radius 3 is 2.82 bits per heavy atom. The van der Waals surface area contributed by atoms with Gasteiger partial charge in [-0.25, -0.2) is 0 Å². The second-order valence-electron chi connectivity index (χ2n) is 7.53. The Hall–Kier alpha value is -1.35. The van der Waals surface area contributed by atoms with E-state index in [1.54, 1.807) is 7.11 Å². The number of aryl methyl sites for hydroxylation is 1. The highest BCUT2D eigenvalue weighted by atomic mass is 16.5. The first-order valence-electron chi connectivity index (χ1n) is 8.42. The molecule has 0 heterocycles. The molecule has 1 aromatic rings. The average Bonchev–Trinajstić information content (AvgIpc) is 2.78. The van der Waals surface area contributed by atoms with Crippen LogP contribution in [0, 0.1) is 11.3 Å². The monoisotopic (exact) mass is 300 g/mol. The van der Waals surface area contributed by atoms with Gasteiger partial charge in [0.15, 0.2) is 0 Å². The van der Waals surface area contributed by atoms with Crippen molar-refractivity contribution >= 4 is 5.78 Å². The molecule has 0 saturated heterocycles. The Bertz CT molecular complexity index is 638. The first kappa shape index (κ1) is 14.3. The van der Waals surface area contributed by atoms with Crippen LogP contribution in [-0.2, 0) is 11.2 Å². The number of fused-ring (bicyclic) bond motifs is 5. The molecule has 0 bridgehead atoms. The molecule has 4 rings (SSSR count). The standard InChI is InChI=1S/C19H24O3/c1-18-9-7-15-14-5-4-13(22-2)11-12(14)3-6-16(15)19(18,21)10-8-17(18)20/h4-5,11,15-16,21H,3,6-10H2,1-2H3. The fraction of sp³-hybridized carbons (Fsp3) is 0.632. The third-order valence-electron chi connectivity index (χ3n) is 6.83.